The standard InChI is InChI=1S/C16H14NO2PS/c17-11-5-6-12-21-20(18)16-10-4-2-8-14(16)13-7-1-3-9-15(13)19-20/h1-4,7-10H,5-6,12H2. The third kappa shape index (κ3) is 2.78. The molecular weight excluding hydrogens is 301 g/mol. The number of unbranched alkanes of at least 4 members (excludes halogenated alkanes) is 1. The zero-order valence-corrected chi connectivity index (χ0v) is 13.1. The van der Waals surface area contributed by atoms with E-state index in [0.29, 0.717) is 17.9 Å². The molecule has 0 radical (unpaired) electrons. The van der Waals surface area contributed by atoms with Crippen LogP contribution in [0.3, 0.4) is 0 Å². The maximum Gasteiger partial charge on any atom is 0.242 e. The molecule has 0 aromatic heterocycles. The normalized spacial score (nSPS) is 19.0. The van der Waals surface area contributed by atoms with Gasteiger partial charge in [0.15, 0.2) is 5.75 Å². The molecule has 2 aromatic carbocycles. The van der Waals surface area contributed by atoms with Gasteiger partial charge in [0.05, 0.1) is 17.5 Å². The van der Waals surface area contributed by atoms with Gasteiger partial charge in [-0.25, -0.2) is 0 Å². The van der Waals surface area contributed by atoms with Crippen molar-refractivity contribution >= 4 is 23.6 Å². The molecule has 0 N–H and O–H groups in total. The molecule has 1 aliphatic heterocycles. The monoisotopic (exact) mass is 315 g/mol. The van der Waals surface area contributed by atoms with E-state index in [2.05, 4.69) is 6.07 Å². The predicted molar refractivity (Wildman–Crippen MR) is 86.4 cm³/mol. The Morgan fingerprint density at radius 3 is 2.62 bits per heavy atom. The van der Waals surface area contributed by atoms with Crippen LogP contribution in [0.1, 0.15) is 12.8 Å². The Labute approximate surface area is 128 Å². The Morgan fingerprint density at radius 1 is 1.10 bits per heavy atom. The SMILES string of the molecule is N#CCCCS[P+]1([O-])Oc2ccccc2-c2ccccc21. The van der Waals surface area contributed by atoms with Gasteiger partial charge >= 0.3 is 0 Å². The van der Waals surface area contributed by atoms with E-state index in [0.717, 1.165) is 22.9 Å². The Hall–Kier alpha value is -1.53. The van der Waals surface area contributed by atoms with Crippen LogP contribution in [-0.4, -0.2) is 5.75 Å². The number of hydrogen-bond acceptors (Lipinski definition) is 4. The lowest BCUT2D eigenvalue weighted by molar-refractivity contribution is -0.173. The van der Waals surface area contributed by atoms with Crippen molar-refractivity contribution in [3.8, 4) is 22.9 Å². The van der Waals surface area contributed by atoms with Gasteiger partial charge < -0.3 is 9.42 Å². The van der Waals surface area contributed by atoms with E-state index in [1.807, 2.05) is 48.5 Å². The van der Waals surface area contributed by atoms with Gasteiger partial charge in [-0.2, -0.15) is 5.26 Å². The number of rotatable bonds is 4. The summed E-state index contributed by atoms with van der Waals surface area (Å²) in [7, 11) is 0. The van der Waals surface area contributed by atoms with Crippen molar-refractivity contribution in [2.75, 3.05) is 5.75 Å². The topological polar surface area (TPSA) is 56.1 Å². The van der Waals surface area contributed by atoms with E-state index in [-0.39, 0.29) is 0 Å². The molecule has 0 saturated carbocycles. The molecule has 0 fully saturated rings. The molecule has 21 heavy (non-hydrogen) atoms. The molecule has 0 aliphatic carbocycles. The van der Waals surface area contributed by atoms with Gasteiger partial charge in [0.25, 0.3) is 0 Å². The lowest BCUT2D eigenvalue weighted by atomic mass is 10.0. The van der Waals surface area contributed by atoms with E-state index in [1.165, 1.54) is 11.4 Å². The third-order valence-corrected chi connectivity index (χ3v) is 7.90. The molecule has 1 heterocycles. The van der Waals surface area contributed by atoms with Crippen molar-refractivity contribution in [3.63, 3.8) is 0 Å². The maximum absolute atomic E-state index is 13.2. The molecule has 0 amide bonds. The van der Waals surface area contributed by atoms with Crippen LogP contribution < -0.4 is 14.7 Å². The van der Waals surface area contributed by atoms with Crippen molar-refractivity contribution in [1.82, 2.24) is 0 Å². The first-order chi connectivity index (χ1) is 10.2. The van der Waals surface area contributed by atoms with Gasteiger partial charge in [-0.3, -0.25) is 0 Å². The summed E-state index contributed by atoms with van der Waals surface area (Å²) in [6.45, 7) is -2.97. The van der Waals surface area contributed by atoms with E-state index < -0.39 is 6.92 Å². The van der Waals surface area contributed by atoms with Crippen LogP contribution in [-0.2, 0) is 0 Å². The minimum atomic E-state index is -2.97. The molecule has 1 unspecified atom stereocenters. The zero-order chi connectivity index (χ0) is 14.7. The summed E-state index contributed by atoms with van der Waals surface area (Å²) in [4.78, 5) is 13.2. The number of fused-ring (bicyclic) bond motifs is 3. The first-order valence-electron chi connectivity index (χ1n) is 6.75. The smallest absolute Gasteiger partial charge is 0.242 e. The second kappa shape index (κ2) is 6.07. The first-order valence-corrected chi connectivity index (χ1v) is 9.96. The van der Waals surface area contributed by atoms with E-state index >= 15 is 0 Å². The highest BCUT2D eigenvalue weighted by atomic mass is 32.7. The highest BCUT2D eigenvalue weighted by Gasteiger charge is 2.41. The summed E-state index contributed by atoms with van der Waals surface area (Å²) in [6, 6.07) is 17.5. The van der Waals surface area contributed by atoms with Gasteiger partial charge in [-0.15, -0.1) is 0 Å². The van der Waals surface area contributed by atoms with Crippen molar-refractivity contribution in [3.05, 3.63) is 48.5 Å². The highest BCUT2D eigenvalue weighted by molar-refractivity contribution is 8.61. The number of nitriles is 1. The Bertz CT molecular complexity index is 701. The van der Waals surface area contributed by atoms with Crippen molar-refractivity contribution in [1.29, 1.82) is 5.26 Å². The predicted octanol–water partition coefficient (Wildman–Crippen LogP) is 3.53. The quantitative estimate of drug-likeness (QED) is 0.640. The van der Waals surface area contributed by atoms with Gasteiger partial charge in [0.1, 0.15) is 5.30 Å². The number of benzene rings is 2. The molecule has 0 bridgehead atoms. The summed E-state index contributed by atoms with van der Waals surface area (Å²) >= 11 is 1.33. The number of hydrogen-bond donors (Lipinski definition) is 0. The second-order valence-corrected chi connectivity index (χ2v) is 9.24. The minimum absolute atomic E-state index is 0.477. The molecule has 0 saturated heterocycles. The third-order valence-electron chi connectivity index (χ3n) is 3.29. The summed E-state index contributed by atoms with van der Waals surface area (Å²) in [5.74, 6) is 1.33. The highest BCUT2D eigenvalue weighted by Crippen LogP contribution is 2.66. The van der Waals surface area contributed by atoms with Crippen molar-refractivity contribution < 1.29 is 9.42 Å². The van der Waals surface area contributed by atoms with Crippen LogP contribution in [0.15, 0.2) is 48.5 Å². The molecule has 3 rings (SSSR count). The van der Waals surface area contributed by atoms with E-state index in [1.54, 1.807) is 0 Å². The molecular formula is C16H14NO2PS. The Morgan fingerprint density at radius 2 is 1.81 bits per heavy atom. The second-order valence-electron chi connectivity index (χ2n) is 4.70. The van der Waals surface area contributed by atoms with Gasteiger partial charge in [0, 0.05) is 23.3 Å². The number of nitrogens with zero attached hydrogens (tertiary/aromatic N) is 1. The Balaban J connectivity index is 1.96. The lowest BCUT2D eigenvalue weighted by Crippen LogP contribution is -2.29. The van der Waals surface area contributed by atoms with Crippen LogP contribution in [0.5, 0.6) is 5.75 Å². The average Bonchev–Trinajstić information content (AvgIpc) is 2.52. The summed E-state index contributed by atoms with van der Waals surface area (Å²) in [5.41, 5.74) is 1.97. The van der Waals surface area contributed by atoms with Crippen molar-refractivity contribution in [2.45, 2.75) is 12.8 Å². The molecule has 106 valence electrons. The van der Waals surface area contributed by atoms with Gasteiger partial charge in [-0.1, -0.05) is 36.4 Å². The summed E-state index contributed by atoms with van der Waals surface area (Å²) < 4.78 is 5.86. The summed E-state index contributed by atoms with van der Waals surface area (Å²) in [6.07, 6.45) is 1.20. The fraction of sp³-hybridized carbons (Fsp3) is 0.188. The van der Waals surface area contributed by atoms with E-state index in [9.17, 15) is 4.89 Å². The average molecular weight is 315 g/mol. The first kappa shape index (κ1) is 14.4. The lowest BCUT2D eigenvalue weighted by Gasteiger charge is -2.33. The fourth-order valence-corrected chi connectivity index (χ4v) is 6.70. The van der Waals surface area contributed by atoms with Crippen LogP contribution in [0.25, 0.3) is 11.1 Å². The van der Waals surface area contributed by atoms with Crippen LogP contribution in [0, 0.1) is 11.3 Å². The maximum atomic E-state index is 13.2. The summed E-state index contributed by atoms with van der Waals surface area (Å²) in [5, 5.41) is 9.36. The van der Waals surface area contributed by atoms with Crippen LogP contribution in [0.2, 0.25) is 0 Å². The largest absolute Gasteiger partial charge is 0.635 e. The van der Waals surface area contributed by atoms with Gasteiger partial charge in [-0.05, 0) is 18.6 Å². The molecule has 3 nitrogen and oxygen atoms in total. The van der Waals surface area contributed by atoms with Crippen LogP contribution in [0.4, 0.5) is 0 Å². The van der Waals surface area contributed by atoms with E-state index in [4.69, 9.17) is 9.79 Å². The molecule has 1 atom stereocenters. The van der Waals surface area contributed by atoms with Gasteiger partial charge in [0.2, 0.25) is 6.92 Å². The fourth-order valence-electron chi connectivity index (χ4n) is 2.32. The Kier molecular flexibility index (Phi) is 4.17. The zero-order valence-electron chi connectivity index (χ0n) is 11.4. The molecule has 2 aromatic rings. The van der Waals surface area contributed by atoms with Crippen molar-refractivity contribution in [2.24, 2.45) is 0 Å². The molecule has 1 aliphatic rings. The molecule has 5 heteroatoms. The minimum Gasteiger partial charge on any atom is -0.635 e. The van der Waals surface area contributed by atoms with Crippen LogP contribution >= 0.6 is 18.3 Å². The number of para-hydroxylation sites is 1. The molecule has 0 spiro atoms.